The summed E-state index contributed by atoms with van der Waals surface area (Å²) >= 11 is 1.52. The van der Waals surface area contributed by atoms with Crippen LogP contribution in [0.3, 0.4) is 0 Å². The minimum absolute atomic E-state index is 0.0849. The van der Waals surface area contributed by atoms with Gasteiger partial charge in [0.05, 0.1) is 6.54 Å². The van der Waals surface area contributed by atoms with Crippen molar-refractivity contribution in [2.24, 2.45) is 0 Å². The number of nitriles is 1. The molecule has 0 spiro atoms. The Morgan fingerprint density at radius 3 is 2.95 bits per heavy atom. The van der Waals surface area contributed by atoms with Crippen molar-refractivity contribution in [3.05, 3.63) is 51.6 Å². The number of nitrogens with one attached hydrogen (secondary N) is 1. The summed E-state index contributed by atoms with van der Waals surface area (Å²) in [5, 5.41) is 15.4. The van der Waals surface area contributed by atoms with E-state index < -0.39 is 5.91 Å². The van der Waals surface area contributed by atoms with Crippen molar-refractivity contribution >= 4 is 23.3 Å². The Labute approximate surface area is 115 Å². The van der Waals surface area contributed by atoms with Crippen molar-refractivity contribution in [1.82, 2.24) is 5.32 Å². The molecule has 19 heavy (non-hydrogen) atoms. The monoisotopic (exact) mass is 272 g/mol. The number of carbonyl (C=O) groups is 1. The van der Waals surface area contributed by atoms with Crippen LogP contribution in [0.5, 0.6) is 0 Å². The first kappa shape index (κ1) is 13.1. The fourth-order valence-electron chi connectivity index (χ4n) is 1.52. The molecule has 4 nitrogen and oxygen atoms in total. The summed E-state index contributed by atoms with van der Waals surface area (Å²) in [6, 6.07) is 7.38. The number of hydrogen-bond acceptors (Lipinski definition) is 4. The van der Waals surface area contributed by atoms with E-state index in [2.05, 4.69) is 5.32 Å². The third-order valence-corrected chi connectivity index (χ3v) is 3.14. The van der Waals surface area contributed by atoms with E-state index in [-0.39, 0.29) is 12.1 Å². The zero-order chi connectivity index (χ0) is 13.7. The van der Waals surface area contributed by atoms with E-state index in [1.165, 1.54) is 11.3 Å². The molecule has 2 heterocycles. The molecule has 0 atom stereocenters. The van der Waals surface area contributed by atoms with Gasteiger partial charge in [-0.2, -0.15) is 16.6 Å². The summed E-state index contributed by atoms with van der Waals surface area (Å²) in [6.45, 7) is 2.11. The first-order chi connectivity index (χ1) is 9.19. The van der Waals surface area contributed by atoms with Gasteiger partial charge >= 0.3 is 0 Å². The van der Waals surface area contributed by atoms with Crippen molar-refractivity contribution in [1.29, 1.82) is 5.26 Å². The van der Waals surface area contributed by atoms with Crippen molar-refractivity contribution in [2.45, 2.75) is 13.5 Å². The molecule has 0 saturated carbocycles. The lowest BCUT2D eigenvalue weighted by molar-refractivity contribution is -0.117. The fourth-order valence-corrected chi connectivity index (χ4v) is 2.13. The molecular weight excluding hydrogens is 260 g/mol. The highest BCUT2D eigenvalue weighted by molar-refractivity contribution is 7.08. The van der Waals surface area contributed by atoms with E-state index in [4.69, 9.17) is 9.68 Å². The average molecular weight is 272 g/mol. The van der Waals surface area contributed by atoms with Crippen LogP contribution in [0.2, 0.25) is 0 Å². The predicted octanol–water partition coefficient (Wildman–Crippen LogP) is 2.87. The molecule has 2 rings (SSSR count). The molecule has 0 aliphatic heterocycles. The molecule has 0 aliphatic carbocycles. The van der Waals surface area contributed by atoms with Crippen LogP contribution in [-0.4, -0.2) is 5.91 Å². The molecule has 0 radical (unpaired) electrons. The van der Waals surface area contributed by atoms with Crippen LogP contribution in [0, 0.1) is 18.3 Å². The summed E-state index contributed by atoms with van der Waals surface area (Å²) < 4.78 is 5.34. The highest BCUT2D eigenvalue weighted by Gasteiger charge is 2.09. The molecule has 0 aliphatic rings. The lowest BCUT2D eigenvalue weighted by Crippen LogP contribution is -2.23. The molecule has 0 aromatic carbocycles. The summed E-state index contributed by atoms with van der Waals surface area (Å²) in [7, 11) is 0. The Balaban J connectivity index is 2.00. The highest BCUT2D eigenvalue weighted by atomic mass is 32.1. The topological polar surface area (TPSA) is 66.0 Å². The standard InChI is InChI=1S/C14H12N2O2S/c1-10-2-3-13(18-10)8-16-14(17)12(7-15)6-11-4-5-19-9-11/h2-6,9H,8H2,1H3,(H,16,17). The first-order valence-electron chi connectivity index (χ1n) is 5.66. The number of hydrogen-bond donors (Lipinski definition) is 1. The van der Waals surface area contributed by atoms with E-state index in [1.54, 1.807) is 12.1 Å². The molecule has 1 N–H and O–H groups in total. The molecule has 96 valence electrons. The smallest absolute Gasteiger partial charge is 0.262 e. The summed E-state index contributed by atoms with van der Waals surface area (Å²) in [4.78, 5) is 11.8. The second-order valence-corrected chi connectivity index (χ2v) is 4.70. The van der Waals surface area contributed by atoms with Crippen molar-refractivity contribution in [3.63, 3.8) is 0 Å². The third kappa shape index (κ3) is 3.57. The molecule has 0 fully saturated rings. The quantitative estimate of drug-likeness (QED) is 0.687. The van der Waals surface area contributed by atoms with Crippen LogP contribution in [0.25, 0.3) is 6.08 Å². The molecular formula is C14H12N2O2S. The van der Waals surface area contributed by atoms with Crippen LogP contribution in [0.1, 0.15) is 17.1 Å². The normalized spacial score (nSPS) is 11.1. The predicted molar refractivity (Wildman–Crippen MR) is 73.2 cm³/mol. The largest absolute Gasteiger partial charge is 0.465 e. The van der Waals surface area contributed by atoms with Crippen LogP contribution in [-0.2, 0) is 11.3 Å². The zero-order valence-corrected chi connectivity index (χ0v) is 11.2. The van der Waals surface area contributed by atoms with Crippen LogP contribution < -0.4 is 5.32 Å². The van der Waals surface area contributed by atoms with E-state index >= 15 is 0 Å². The van der Waals surface area contributed by atoms with Crippen molar-refractivity contribution in [2.75, 3.05) is 0 Å². The average Bonchev–Trinajstić information content (AvgIpc) is 3.04. The van der Waals surface area contributed by atoms with Gasteiger partial charge in [-0.15, -0.1) is 0 Å². The Kier molecular flexibility index (Phi) is 4.16. The second kappa shape index (κ2) is 6.03. The third-order valence-electron chi connectivity index (χ3n) is 2.44. The molecule has 1 amide bonds. The fraction of sp³-hybridized carbons (Fsp3) is 0.143. The van der Waals surface area contributed by atoms with E-state index in [0.717, 1.165) is 11.3 Å². The number of nitrogens with zero attached hydrogens (tertiary/aromatic N) is 1. The van der Waals surface area contributed by atoms with Gasteiger partial charge in [0.2, 0.25) is 0 Å². The Morgan fingerprint density at radius 2 is 2.37 bits per heavy atom. The Hall–Kier alpha value is -2.32. The Bertz CT molecular complexity index is 633. The molecule has 0 saturated heterocycles. The van der Waals surface area contributed by atoms with E-state index in [1.807, 2.05) is 35.9 Å². The molecule has 5 heteroatoms. The van der Waals surface area contributed by atoms with Crippen molar-refractivity contribution in [3.8, 4) is 6.07 Å². The van der Waals surface area contributed by atoms with Gasteiger partial charge in [0.25, 0.3) is 5.91 Å². The second-order valence-electron chi connectivity index (χ2n) is 3.92. The lowest BCUT2D eigenvalue weighted by Gasteiger charge is -2.01. The summed E-state index contributed by atoms with van der Waals surface area (Å²) in [6.07, 6.45) is 1.57. The minimum Gasteiger partial charge on any atom is -0.465 e. The van der Waals surface area contributed by atoms with Gasteiger partial charge in [0.15, 0.2) is 0 Å². The van der Waals surface area contributed by atoms with E-state index in [0.29, 0.717) is 5.76 Å². The maximum absolute atomic E-state index is 11.8. The first-order valence-corrected chi connectivity index (χ1v) is 6.61. The highest BCUT2D eigenvalue weighted by Crippen LogP contribution is 2.11. The number of carbonyl (C=O) groups excluding carboxylic acids is 1. The Morgan fingerprint density at radius 1 is 1.53 bits per heavy atom. The van der Waals surface area contributed by atoms with Gasteiger partial charge in [0, 0.05) is 0 Å². The maximum atomic E-state index is 11.8. The molecule has 2 aromatic rings. The summed E-state index contributed by atoms with van der Waals surface area (Å²) in [5.41, 5.74) is 0.937. The van der Waals surface area contributed by atoms with Crippen LogP contribution >= 0.6 is 11.3 Å². The number of thiophene rings is 1. The van der Waals surface area contributed by atoms with Crippen LogP contribution in [0.4, 0.5) is 0 Å². The SMILES string of the molecule is Cc1ccc(CNC(=O)C(C#N)=Cc2ccsc2)o1. The lowest BCUT2D eigenvalue weighted by atomic mass is 10.2. The van der Waals surface area contributed by atoms with Gasteiger partial charge in [-0.05, 0) is 47.5 Å². The number of rotatable bonds is 4. The van der Waals surface area contributed by atoms with Crippen molar-refractivity contribution < 1.29 is 9.21 Å². The summed E-state index contributed by atoms with van der Waals surface area (Å²) in [5.74, 6) is 1.06. The number of amides is 1. The minimum atomic E-state index is -0.400. The zero-order valence-electron chi connectivity index (χ0n) is 10.3. The number of aryl methyl sites for hydroxylation is 1. The van der Waals surface area contributed by atoms with Gasteiger partial charge in [-0.25, -0.2) is 0 Å². The van der Waals surface area contributed by atoms with Gasteiger partial charge < -0.3 is 9.73 Å². The van der Waals surface area contributed by atoms with Gasteiger partial charge in [-0.3, -0.25) is 4.79 Å². The number of furan rings is 1. The maximum Gasteiger partial charge on any atom is 0.262 e. The van der Waals surface area contributed by atoms with Gasteiger partial charge in [0.1, 0.15) is 23.2 Å². The van der Waals surface area contributed by atoms with Gasteiger partial charge in [-0.1, -0.05) is 0 Å². The molecule has 0 bridgehead atoms. The van der Waals surface area contributed by atoms with E-state index in [9.17, 15) is 4.79 Å². The van der Waals surface area contributed by atoms with Crippen LogP contribution in [0.15, 0.2) is 38.9 Å². The molecule has 2 aromatic heterocycles. The molecule has 0 unspecified atom stereocenters.